The fraction of sp³-hybridized carbons (Fsp3) is 0.467. The molecule has 18 heavy (non-hydrogen) atoms. The predicted octanol–water partition coefficient (Wildman–Crippen LogP) is 3.63. The molecule has 0 radical (unpaired) electrons. The van der Waals surface area contributed by atoms with Crippen molar-refractivity contribution in [3.05, 3.63) is 29.8 Å². The molecule has 3 heteroatoms. The Morgan fingerprint density at radius 3 is 2.83 bits per heavy atom. The second kappa shape index (κ2) is 5.44. The molecule has 1 aliphatic heterocycles. The van der Waals surface area contributed by atoms with Gasteiger partial charge in [0.15, 0.2) is 11.5 Å². The van der Waals surface area contributed by atoms with E-state index in [-0.39, 0.29) is 5.60 Å². The van der Waals surface area contributed by atoms with Gasteiger partial charge in [-0.15, -0.1) is 0 Å². The number of hydrogen-bond acceptors (Lipinski definition) is 3. The first-order valence-electron chi connectivity index (χ1n) is 6.31. The van der Waals surface area contributed by atoms with E-state index in [2.05, 4.69) is 20.8 Å². The van der Waals surface area contributed by atoms with Gasteiger partial charge >= 0.3 is 0 Å². The number of benzene rings is 1. The first-order chi connectivity index (χ1) is 8.61. The topological polar surface area (TPSA) is 27.7 Å². The van der Waals surface area contributed by atoms with Crippen LogP contribution < -0.4 is 9.47 Å². The van der Waals surface area contributed by atoms with Crippen LogP contribution in [0.5, 0.6) is 11.5 Å². The van der Waals surface area contributed by atoms with E-state index in [0.717, 1.165) is 23.5 Å². The van der Waals surface area contributed by atoms with Crippen LogP contribution in [0.2, 0.25) is 0 Å². The summed E-state index contributed by atoms with van der Waals surface area (Å²) in [6, 6.07) is 5.91. The minimum absolute atomic E-state index is 0.0563. The van der Waals surface area contributed by atoms with Crippen LogP contribution in [0.15, 0.2) is 24.3 Å². The van der Waals surface area contributed by atoms with E-state index in [0.29, 0.717) is 13.4 Å². The molecule has 0 N–H and O–H groups in total. The van der Waals surface area contributed by atoms with Gasteiger partial charge < -0.3 is 14.2 Å². The largest absolute Gasteiger partial charge is 0.454 e. The van der Waals surface area contributed by atoms with Crippen LogP contribution in [-0.4, -0.2) is 19.0 Å². The van der Waals surface area contributed by atoms with Crippen LogP contribution in [0, 0.1) is 0 Å². The molecule has 0 spiro atoms. The van der Waals surface area contributed by atoms with Crippen molar-refractivity contribution in [2.75, 3.05) is 13.4 Å². The molecule has 0 amide bonds. The van der Waals surface area contributed by atoms with Gasteiger partial charge in [-0.3, -0.25) is 0 Å². The van der Waals surface area contributed by atoms with Gasteiger partial charge in [0.25, 0.3) is 0 Å². The van der Waals surface area contributed by atoms with Crippen molar-refractivity contribution in [1.29, 1.82) is 0 Å². The molecular formula is C15H20O3. The Bertz CT molecular complexity index is 435. The second-order valence-electron chi connectivity index (χ2n) is 4.94. The standard InChI is InChI=1S/C15H20O3/c1-4-15(2,3)18-9-5-6-12-7-8-13-14(10-12)17-11-16-13/h5-8,10H,4,9,11H2,1-3H3/b6-5+. The molecule has 0 atom stereocenters. The summed E-state index contributed by atoms with van der Waals surface area (Å²) in [4.78, 5) is 0. The van der Waals surface area contributed by atoms with Gasteiger partial charge in [0.05, 0.1) is 12.2 Å². The SMILES string of the molecule is CCC(C)(C)OC/C=C/c1ccc2c(c1)OCO2. The van der Waals surface area contributed by atoms with E-state index in [4.69, 9.17) is 14.2 Å². The van der Waals surface area contributed by atoms with Gasteiger partial charge in [0, 0.05) is 0 Å². The van der Waals surface area contributed by atoms with Gasteiger partial charge in [-0.2, -0.15) is 0 Å². The molecule has 1 aromatic rings. The highest BCUT2D eigenvalue weighted by molar-refractivity contribution is 5.56. The van der Waals surface area contributed by atoms with Crippen molar-refractivity contribution in [2.24, 2.45) is 0 Å². The van der Waals surface area contributed by atoms with Crippen LogP contribution in [0.3, 0.4) is 0 Å². The summed E-state index contributed by atoms with van der Waals surface area (Å²) in [5, 5.41) is 0. The van der Waals surface area contributed by atoms with Gasteiger partial charge in [-0.05, 0) is 38.0 Å². The Morgan fingerprint density at radius 2 is 2.06 bits per heavy atom. The number of rotatable bonds is 5. The molecule has 0 unspecified atom stereocenters. The van der Waals surface area contributed by atoms with E-state index >= 15 is 0 Å². The molecule has 0 saturated carbocycles. The van der Waals surface area contributed by atoms with E-state index < -0.39 is 0 Å². The van der Waals surface area contributed by atoms with Crippen molar-refractivity contribution in [3.63, 3.8) is 0 Å². The average Bonchev–Trinajstić information content (AvgIpc) is 2.82. The van der Waals surface area contributed by atoms with E-state index in [1.165, 1.54) is 0 Å². The lowest BCUT2D eigenvalue weighted by atomic mass is 10.1. The number of fused-ring (bicyclic) bond motifs is 1. The first kappa shape index (κ1) is 13.0. The molecule has 1 aliphatic rings. The normalized spacial score (nSPS) is 14.4. The van der Waals surface area contributed by atoms with Crippen molar-refractivity contribution < 1.29 is 14.2 Å². The van der Waals surface area contributed by atoms with Gasteiger partial charge in [0.2, 0.25) is 6.79 Å². The van der Waals surface area contributed by atoms with Crippen molar-refractivity contribution in [1.82, 2.24) is 0 Å². The Morgan fingerprint density at radius 1 is 1.28 bits per heavy atom. The Labute approximate surface area is 108 Å². The van der Waals surface area contributed by atoms with Crippen molar-refractivity contribution in [3.8, 4) is 11.5 Å². The summed E-state index contributed by atoms with van der Waals surface area (Å²) in [7, 11) is 0. The Hall–Kier alpha value is -1.48. The average molecular weight is 248 g/mol. The zero-order valence-corrected chi connectivity index (χ0v) is 11.2. The van der Waals surface area contributed by atoms with Gasteiger partial charge in [0.1, 0.15) is 0 Å². The van der Waals surface area contributed by atoms with Crippen molar-refractivity contribution in [2.45, 2.75) is 32.8 Å². The zero-order valence-electron chi connectivity index (χ0n) is 11.2. The third-order valence-corrected chi connectivity index (χ3v) is 3.13. The smallest absolute Gasteiger partial charge is 0.231 e. The van der Waals surface area contributed by atoms with Crippen molar-refractivity contribution >= 4 is 6.08 Å². The third-order valence-electron chi connectivity index (χ3n) is 3.13. The van der Waals surface area contributed by atoms with Crippen LogP contribution >= 0.6 is 0 Å². The highest BCUT2D eigenvalue weighted by atomic mass is 16.7. The van der Waals surface area contributed by atoms with E-state index in [1.807, 2.05) is 30.4 Å². The molecule has 2 rings (SSSR count). The molecule has 0 aliphatic carbocycles. The van der Waals surface area contributed by atoms with Crippen LogP contribution in [0.4, 0.5) is 0 Å². The minimum atomic E-state index is -0.0563. The maximum Gasteiger partial charge on any atom is 0.231 e. The Balaban J connectivity index is 1.90. The molecule has 0 bridgehead atoms. The minimum Gasteiger partial charge on any atom is -0.454 e. The lowest BCUT2D eigenvalue weighted by molar-refractivity contribution is -0.00324. The summed E-state index contributed by atoms with van der Waals surface area (Å²) in [6.07, 6.45) is 5.06. The summed E-state index contributed by atoms with van der Waals surface area (Å²) >= 11 is 0. The summed E-state index contributed by atoms with van der Waals surface area (Å²) in [6.45, 7) is 7.26. The van der Waals surface area contributed by atoms with E-state index in [9.17, 15) is 0 Å². The highest BCUT2D eigenvalue weighted by Crippen LogP contribution is 2.32. The van der Waals surface area contributed by atoms with Crippen LogP contribution in [0.1, 0.15) is 32.8 Å². The fourth-order valence-electron chi connectivity index (χ4n) is 1.58. The van der Waals surface area contributed by atoms with Gasteiger partial charge in [-0.1, -0.05) is 25.1 Å². The predicted molar refractivity (Wildman–Crippen MR) is 71.9 cm³/mol. The summed E-state index contributed by atoms with van der Waals surface area (Å²) in [5.74, 6) is 1.63. The third kappa shape index (κ3) is 3.26. The van der Waals surface area contributed by atoms with Gasteiger partial charge in [-0.25, -0.2) is 0 Å². The summed E-state index contributed by atoms with van der Waals surface area (Å²) in [5.41, 5.74) is 1.04. The van der Waals surface area contributed by atoms with Crippen LogP contribution in [-0.2, 0) is 4.74 Å². The maximum atomic E-state index is 5.75. The molecule has 98 valence electrons. The maximum absolute atomic E-state index is 5.75. The lowest BCUT2D eigenvalue weighted by Gasteiger charge is -2.22. The number of ether oxygens (including phenoxy) is 3. The monoisotopic (exact) mass is 248 g/mol. The molecule has 1 aromatic carbocycles. The zero-order chi connectivity index (χ0) is 13.0. The molecule has 0 saturated heterocycles. The fourth-order valence-corrected chi connectivity index (χ4v) is 1.58. The molecule has 3 nitrogen and oxygen atoms in total. The molecule has 0 aromatic heterocycles. The van der Waals surface area contributed by atoms with Crippen LogP contribution in [0.25, 0.3) is 6.08 Å². The lowest BCUT2D eigenvalue weighted by Crippen LogP contribution is -2.22. The van der Waals surface area contributed by atoms with E-state index in [1.54, 1.807) is 0 Å². The summed E-state index contributed by atoms with van der Waals surface area (Å²) < 4.78 is 16.3. The quantitative estimate of drug-likeness (QED) is 0.796. The number of hydrogen-bond donors (Lipinski definition) is 0. The first-order valence-corrected chi connectivity index (χ1v) is 6.31. The molecular weight excluding hydrogens is 228 g/mol. The molecule has 1 heterocycles. The highest BCUT2D eigenvalue weighted by Gasteiger charge is 2.14. The molecule has 0 fully saturated rings. The Kier molecular flexibility index (Phi) is 3.92. The second-order valence-corrected chi connectivity index (χ2v) is 4.94.